The molecule has 6 nitrogen and oxygen atoms in total. The summed E-state index contributed by atoms with van der Waals surface area (Å²) in [7, 11) is 1.47. The van der Waals surface area contributed by atoms with Gasteiger partial charge in [-0.2, -0.15) is 4.98 Å². The Hall–Kier alpha value is -1.59. The minimum atomic E-state index is -0.599. The van der Waals surface area contributed by atoms with Crippen molar-refractivity contribution in [3.05, 3.63) is 21.0 Å². The van der Waals surface area contributed by atoms with E-state index >= 15 is 0 Å². The van der Waals surface area contributed by atoms with Crippen LogP contribution >= 0.6 is 0 Å². The number of hydrogen-bond donors (Lipinski definition) is 1. The van der Waals surface area contributed by atoms with E-state index in [9.17, 15) is 9.59 Å². The van der Waals surface area contributed by atoms with Gasteiger partial charge in [0.05, 0.1) is 0 Å². The Balaban J connectivity index is 3.64. The van der Waals surface area contributed by atoms with Crippen LogP contribution in [0.5, 0.6) is 0 Å². The smallest absolute Gasteiger partial charge is 0.354 e. The van der Waals surface area contributed by atoms with E-state index in [0.717, 1.165) is 9.13 Å². The van der Waals surface area contributed by atoms with E-state index in [-0.39, 0.29) is 5.95 Å². The van der Waals surface area contributed by atoms with Gasteiger partial charge in [0, 0.05) is 13.6 Å². The molecule has 0 unspecified atom stereocenters. The lowest BCUT2D eigenvalue weighted by atomic mass is 10.7. The minimum absolute atomic E-state index is 0.0605. The van der Waals surface area contributed by atoms with Crippen molar-refractivity contribution in [2.75, 3.05) is 5.73 Å². The highest BCUT2D eigenvalue weighted by Crippen LogP contribution is 1.82. The fourth-order valence-electron chi connectivity index (χ4n) is 0.865. The average molecular weight is 170 g/mol. The molecule has 2 N–H and O–H groups in total. The van der Waals surface area contributed by atoms with Gasteiger partial charge in [0.15, 0.2) is 0 Å². The van der Waals surface area contributed by atoms with Gasteiger partial charge in [0.25, 0.3) is 0 Å². The van der Waals surface area contributed by atoms with Gasteiger partial charge in [-0.05, 0) is 6.92 Å². The summed E-state index contributed by atoms with van der Waals surface area (Å²) in [6, 6.07) is 0. The average Bonchev–Trinajstić information content (AvgIpc) is 2.01. The maximum absolute atomic E-state index is 11.2. The van der Waals surface area contributed by atoms with Gasteiger partial charge >= 0.3 is 11.4 Å². The van der Waals surface area contributed by atoms with E-state index in [4.69, 9.17) is 5.73 Å². The lowest BCUT2D eigenvalue weighted by Crippen LogP contribution is -2.41. The van der Waals surface area contributed by atoms with Crippen LogP contribution in [0.1, 0.15) is 6.92 Å². The van der Waals surface area contributed by atoms with Crippen molar-refractivity contribution in [2.24, 2.45) is 7.05 Å². The molecule has 1 rings (SSSR count). The van der Waals surface area contributed by atoms with Gasteiger partial charge in [-0.15, -0.1) is 0 Å². The SMILES string of the molecule is CCn1c(=O)nc(N)n(C)c1=O. The maximum Gasteiger partial charge on any atom is 0.354 e. The topological polar surface area (TPSA) is 82.9 Å². The second-order valence-electron chi connectivity index (χ2n) is 2.34. The fourth-order valence-corrected chi connectivity index (χ4v) is 0.865. The number of hydrogen-bond acceptors (Lipinski definition) is 4. The molecule has 66 valence electrons. The molecule has 0 aromatic carbocycles. The van der Waals surface area contributed by atoms with E-state index in [0.29, 0.717) is 6.54 Å². The maximum atomic E-state index is 11.2. The summed E-state index contributed by atoms with van der Waals surface area (Å²) in [6.45, 7) is 2.00. The molecule has 0 aliphatic heterocycles. The first-order chi connectivity index (χ1) is 5.57. The highest BCUT2D eigenvalue weighted by molar-refractivity contribution is 5.12. The van der Waals surface area contributed by atoms with Crippen LogP contribution in [0.4, 0.5) is 5.95 Å². The van der Waals surface area contributed by atoms with Crippen LogP contribution < -0.4 is 17.1 Å². The largest absolute Gasteiger partial charge is 0.369 e. The van der Waals surface area contributed by atoms with E-state index in [1.165, 1.54) is 7.05 Å². The summed E-state index contributed by atoms with van der Waals surface area (Å²) in [5.74, 6) is -0.0605. The lowest BCUT2D eigenvalue weighted by molar-refractivity contribution is 0.598. The van der Waals surface area contributed by atoms with Gasteiger partial charge in [0.2, 0.25) is 5.95 Å². The zero-order valence-electron chi connectivity index (χ0n) is 6.94. The molecule has 1 heterocycles. The Morgan fingerprint density at radius 3 is 2.58 bits per heavy atom. The molecule has 0 atom stereocenters. The van der Waals surface area contributed by atoms with Crippen molar-refractivity contribution < 1.29 is 0 Å². The Labute approximate surface area is 68.3 Å². The van der Waals surface area contributed by atoms with Crippen molar-refractivity contribution in [3.63, 3.8) is 0 Å². The van der Waals surface area contributed by atoms with Crippen LogP contribution in [0, 0.1) is 0 Å². The van der Waals surface area contributed by atoms with E-state index in [1.54, 1.807) is 6.92 Å². The quantitative estimate of drug-likeness (QED) is 0.558. The van der Waals surface area contributed by atoms with E-state index in [1.807, 2.05) is 0 Å². The molecule has 0 bridgehead atoms. The lowest BCUT2D eigenvalue weighted by Gasteiger charge is -2.04. The summed E-state index contributed by atoms with van der Waals surface area (Å²) in [5, 5.41) is 0. The molecule has 0 amide bonds. The van der Waals surface area contributed by atoms with Crippen LogP contribution in [-0.2, 0) is 13.6 Å². The van der Waals surface area contributed by atoms with Crippen LogP contribution in [0.15, 0.2) is 9.59 Å². The van der Waals surface area contributed by atoms with Crippen LogP contribution in [0.3, 0.4) is 0 Å². The summed E-state index contributed by atoms with van der Waals surface area (Å²) in [5.41, 5.74) is 4.25. The third-order valence-corrected chi connectivity index (χ3v) is 1.62. The summed E-state index contributed by atoms with van der Waals surface area (Å²) in [6.07, 6.45) is 0. The molecule has 12 heavy (non-hydrogen) atoms. The summed E-state index contributed by atoms with van der Waals surface area (Å²) < 4.78 is 2.14. The third kappa shape index (κ3) is 1.11. The van der Waals surface area contributed by atoms with Gasteiger partial charge < -0.3 is 5.73 Å². The van der Waals surface area contributed by atoms with E-state index < -0.39 is 11.4 Å². The van der Waals surface area contributed by atoms with Gasteiger partial charge in [-0.25, -0.2) is 14.2 Å². The van der Waals surface area contributed by atoms with Crippen LogP contribution in [0.2, 0.25) is 0 Å². The second kappa shape index (κ2) is 2.80. The second-order valence-corrected chi connectivity index (χ2v) is 2.34. The van der Waals surface area contributed by atoms with E-state index in [2.05, 4.69) is 4.98 Å². The molecule has 6 heteroatoms. The van der Waals surface area contributed by atoms with Gasteiger partial charge in [-0.3, -0.25) is 4.57 Å². The third-order valence-electron chi connectivity index (χ3n) is 1.62. The number of nitrogen functional groups attached to an aromatic ring is 1. The Bertz CT molecular complexity index is 403. The minimum Gasteiger partial charge on any atom is -0.369 e. The van der Waals surface area contributed by atoms with Crippen LogP contribution in [-0.4, -0.2) is 14.1 Å². The highest BCUT2D eigenvalue weighted by Gasteiger charge is 2.04. The predicted molar refractivity (Wildman–Crippen MR) is 43.8 cm³/mol. The molecular weight excluding hydrogens is 160 g/mol. The van der Waals surface area contributed by atoms with Gasteiger partial charge in [0.1, 0.15) is 0 Å². The molecular formula is C6H10N4O2. The van der Waals surface area contributed by atoms with Crippen molar-refractivity contribution in [1.29, 1.82) is 0 Å². The molecule has 0 saturated carbocycles. The molecule has 0 saturated heterocycles. The number of nitrogens with zero attached hydrogens (tertiary/aromatic N) is 3. The molecule has 0 radical (unpaired) electrons. The number of aromatic nitrogens is 3. The molecule has 1 aromatic heterocycles. The highest BCUT2D eigenvalue weighted by atomic mass is 16.2. The summed E-state index contributed by atoms with van der Waals surface area (Å²) in [4.78, 5) is 25.7. The first kappa shape index (κ1) is 8.51. The molecule has 1 aromatic rings. The molecule has 0 spiro atoms. The normalized spacial score (nSPS) is 10.2. The van der Waals surface area contributed by atoms with Crippen molar-refractivity contribution in [2.45, 2.75) is 13.5 Å². The fraction of sp³-hybridized carbons (Fsp3) is 0.500. The number of anilines is 1. The molecule has 0 aliphatic carbocycles. The first-order valence-electron chi connectivity index (χ1n) is 3.51. The monoisotopic (exact) mass is 170 g/mol. The van der Waals surface area contributed by atoms with Crippen molar-refractivity contribution in [1.82, 2.24) is 14.1 Å². The Kier molecular flexibility index (Phi) is 1.99. The number of rotatable bonds is 1. The predicted octanol–water partition coefficient (Wildman–Crippen LogP) is -1.46. The Morgan fingerprint density at radius 2 is 2.08 bits per heavy atom. The van der Waals surface area contributed by atoms with Crippen LogP contribution in [0.25, 0.3) is 0 Å². The standard InChI is InChI=1S/C6H10N4O2/c1-3-10-5(11)8-4(7)9(2)6(10)12/h3H2,1-2H3,(H2,7,8,11). The zero-order valence-corrected chi connectivity index (χ0v) is 6.94. The Morgan fingerprint density at radius 1 is 1.50 bits per heavy atom. The molecule has 0 aliphatic rings. The zero-order chi connectivity index (χ0) is 9.30. The van der Waals surface area contributed by atoms with Crippen molar-refractivity contribution >= 4 is 5.95 Å². The molecule has 0 fully saturated rings. The number of nitrogens with two attached hydrogens (primary N) is 1. The van der Waals surface area contributed by atoms with Gasteiger partial charge in [-0.1, -0.05) is 0 Å². The summed E-state index contributed by atoms with van der Waals surface area (Å²) >= 11 is 0. The van der Waals surface area contributed by atoms with Crippen molar-refractivity contribution in [3.8, 4) is 0 Å². The first-order valence-corrected chi connectivity index (χ1v) is 3.51.